The number of rotatable bonds is 2. The maximum atomic E-state index is 11.0. The molecule has 0 aliphatic heterocycles. The number of sulfone groups is 1. The third-order valence-corrected chi connectivity index (χ3v) is 2.35. The molecule has 0 radical (unpaired) electrons. The normalized spacial score (nSPS) is 11.2. The average Bonchev–Trinajstić information content (AvgIpc) is 2.03. The van der Waals surface area contributed by atoms with Gasteiger partial charge in [-0.25, -0.2) is 13.4 Å². The molecule has 5 heteroatoms. The molecular formula is C7H10N2O2S. The molecule has 0 fully saturated rings. The standard InChI is InChI=1S/C7H10N2O2S/c1-8-6-4-3-5-7(9-6)12(2,10)11/h3-5H,1-2H3,(H,8,9). The molecule has 4 nitrogen and oxygen atoms in total. The van der Waals surface area contributed by atoms with Crippen molar-refractivity contribution in [3.8, 4) is 0 Å². The van der Waals surface area contributed by atoms with E-state index in [2.05, 4.69) is 10.3 Å². The van der Waals surface area contributed by atoms with Crippen LogP contribution >= 0.6 is 0 Å². The molecule has 0 saturated carbocycles. The molecule has 1 aromatic heterocycles. The number of aromatic nitrogens is 1. The SMILES string of the molecule is CNc1cccc(S(C)(=O)=O)n1. The third-order valence-electron chi connectivity index (χ3n) is 1.36. The molecule has 1 aromatic rings. The monoisotopic (exact) mass is 186 g/mol. The van der Waals surface area contributed by atoms with E-state index in [-0.39, 0.29) is 5.03 Å². The van der Waals surface area contributed by atoms with Crippen molar-refractivity contribution in [3.05, 3.63) is 18.2 Å². The first-order valence-corrected chi connectivity index (χ1v) is 5.28. The molecule has 0 unspecified atom stereocenters. The van der Waals surface area contributed by atoms with E-state index in [0.717, 1.165) is 6.26 Å². The highest BCUT2D eigenvalue weighted by Gasteiger charge is 2.07. The van der Waals surface area contributed by atoms with E-state index in [1.54, 1.807) is 19.2 Å². The van der Waals surface area contributed by atoms with Gasteiger partial charge in [-0.3, -0.25) is 0 Å². The van der Waals surface area contributed by atoms with Crippen molar-refractivity contribution in [3.63, 3.8) is 0 Å². The van der Waals surface area contributed by atoms with Gasteiger partial charge in [0.1, 0.15) is 5.82 Å². The Bertz CT molecular complexity index is 373. The van der Waals surface area contributed by atoms with Gasteiger partial charge in [0, 0.05) is 13.3 Å². The molecule has 0 atom stereocenters. The highest BCUT2D eigenvalue weighted by atomic mass is 32.2. The second-order valence-electron chi connectivity index (χ2n) is 2.38. The van der Waals surface area contributed by atoms with E-state index >= 15 is 0 Å². The lowest BCUT2D eigenvalue weighted by Crippen LogP contribution is -2.02. The summed E-state index contributed by atoms with van der Waals surface area (Å²) in [6.07, 6.45) is 1.13. The summed E-state index contributed by atoms with van der Waals surface area (Å²) < 4.78 is 22.0. The molecule has 1 heterocycles. The lowest BCUT2D eigenvalue weighted by atomic mass is 10.5. The fourth-order valence-electron chi connectivity index (χ4n) is 0.761. The molecule has 12 heavy (non-hydrogen) atoms. The number of nitrogens with zero attached hydrogens (tertiary/aromatic N) is 1. The van der Waals surface area contributed by atoms with E-state index < -0.39 is 9.84 Å². The zero-order chi connectivity index (χ0) is 9.19. The summed E-state index contributed by atoms with van der Waals surface area (Å²) in [5.41, 5.74) is 0. The van der Waals surface area contributed by atoms with Crippen LogP contribution in [0.25, 0.3) is 0 Å². The molecule has 0 aliphatic carbocycles. The molecule has 0 aliphatic rings. The van der Waals surface area contributed by atoms with Gasteiger partial charge in [0.05, 0.1) is 0 Å². The number of hydrogen-bond donors (Lipinski definition) is 1. The number of nitrogens with one attached hydrogen (secondary N) is 1. The van der Waals surface area contributed by atoms with E-state index in [1.807, 2.05) is 0 Å². The van der Waals surface area contributed by atoms with Crippen LogP contribution in [-0.4, -0.2) is 26.7 Å². The summed E-state index contributed by atoms with van der Waals surface area (Å²) in [7, 11) is -1.50. The van der Waals surface area contributed by atoms with E-state index in [4.69, 9.17) is 0 Å². The van der Waals surface area contributed by atoms with E-state index in [0.29, 0.717) is 5.82 Å². The minimum Gasteiger partial charge on any atom is -0.373 e. The summed E-state index contributed by atoms with van der Waals surface area (Å²) in [4.78, 5) is 3.86. The van der Waals surface area contributed by atoms with Crippen LogP contribution in [0.4, 0.5) is 5.82 Å². The lowest BCUT2D eigenvalue weighted by molar-refractivity contribution is 0.598. The first kappa shape index (κ1) is 8.99. The van der Waals surface area contributed by atoms with Crippen LogP contribution < -0.4 is 5.32 Å². The maximum Gasteiger partial charge on any atom is 0.192 e. The van der Waals surface area contributed by atoms with E-state index in [1.165, 1.54) is 6.07 Å². The predicted molar refractivity (Wildman–Crippen MR) is 46.9 cm³/mol. The van der Waals surface area contributed by atoms with Crippen molar-refractivity contribution in [2.45, 2.75) is 5.03 Å². The Balaban J connectivity index is 3.20. The van der Waals surface area contributed by atoms with Gasteiger partial charge >= 0.3 is 0 Å². The second kappa shape index (κ2) is 3.10. The van der Waals surface area contributed by atoms with Crippen LogP contribution in [0.15, 0.2) is 23.2 Å². The van der Waals surface area contributed by atoms with Crippen molar-refractivity contribution in [1.29, 1.82) is 0 Å². The largest absolute Gasteiger partial charge is 0.373 e. The molecule has 1 rings (SSSR count). The molecule has 0 aromatic carbocycles. The van der Waals surface area contributed by atoms with Crippen LogP contribution in [0.2, 0.25) is 0 Å². The Morgan fingerprint density at radius 1 is 1.42 bits per heavy atom. The van der Waals surface area contributed by atoms with Gasteiger partial charge in [0.25, 0.3) is 0 Å². The Labute approximate surface area is 71.6 Å². The van der Waals surface area contributed by atoms with Crippen molar-refractivity contribution in [2.75, 3.05) is 18.6 Å². The minimum absolute atomic E-state index is 0.0920. The van der Waals surface area contributed by atoms with Crippen molar-refractivity contribution < 1.29 is 8.42 Å². The second-order valence-corrected chi connectivity index (χ2v) is 4.35. The minimum atomic E-state index is -3.19. The van der Waals surface area contributed by atoms with Crippen LogP contribution in [0, 0.1) is 0 Å². The predicted octanol–water partition coefficient (Wildman–Crippen LogP) is 0.527. The van der Waals surface area contributed by atoms with Crippen LogP contribution in [0.1, 0.15) is 0 Å². The maximum absolute atomic E-state index is 11.0. The molecule has 0 saturated heterocycles. The van der Waals surface area contributed by atoms with Crippen LogP contribution in [0.5, 0.6) is 0 Å². The smallest absolute Gasteiger partial charge is 0.192 e. The molecule has 66 valence electrons. The molecular weight excluding hydrogens is 176 g/mol. The number of hydrogen-bond acceptors (Lipinski definition) is 4. The highest BCUT2D eigenvalue weighted by Crippen LogP contribution is 2.08. The van der Waals surface area contributed by atoms with Gasteiger partial charge in [0.2, 0.25) is 0 Å². The summed E-state index contributed by atoms with van der Waals surface area (Å²) >= 11 is 0. The number of pyridine rings is 1. The van der Waals surface area contributed by atoms with Crippen molar-refractivity contribution in [1.82, 2.24) is 4.98 Å². The summed E-state index contributed by atoms with van der Waals surface area (Å²) in [6.45, 7) is 0. The summed E-state index contributed by atoms with van der Waals surface area (Å²) in [5.74, 6) is 0.554. The van der Waals surface area contributed by atoms with Gasteiger partial charge in [-0.15, -0.1) is 0 Å². The molecule has 0 bridgehead atoms. The van der Waals surface area contributed by atoms with Gasteiger partial charge < -0.3 is 5.32 Å². The summed E-state index contributed by atoms with van der Waals surface area (Å²) in [5, 5.41) is 2.86. The van der Waals surface area contributed by atoms with Crippen LogP contribution in [0.3, 0.4) is 0 Å². The van der Waals surface area contributed by atoms with Gasteiger partial charge in [0.15, 0.2) is 14.9 Å². The Kier molecular flexibility index (Phi) is 2.32. The molecule has 0 amide bonds. The fourth-order valence-corrected chi connectivity index (χ4v) is 1.35. The van der Waals surface area contributed by atoms with Crippen molar-refractivity contribution >= 4 is 15.7 Å². The van der Waals surface area contributed by atoms with Crippen molar-refractivity contribution in [2.24, 2.45) is 0 Å². The zero-order valence-electron chi connectivity index (χ0n) is 6.90. The Hall–Kier alpha value is -1.10. The quantitative estimate of drug-likeness (QED) is 0.731. The summed E-state index contributed by atoms with van der Waals surface area (Å²) in [6, 6.07) is 4.82. The third kappa shape index (κ3) is 1.94. The Morgan fingerprint density at radius 3 is 2.58 bits per heavy atom. The zero-order valence-corrected chi connectivity index (χ0v) is 7.72. The highest BCUT2D eigenvalue weighted by molar-refractivity contribution is 7.90. The molecule has 0 spiro atoms. The topological polar surface area (TPSA) is 59.1 Å². The Morgan fingerprint density at radius 2 is 2.08 bits per heavy atom. The van der Waals surface area contributed by atoms with Gasteiger partial charge in [-0.1, -0.05) is 6.07 Å². The average molecular weight is 186 g/mol. The van der Waals surface area contributed by atoms with Gasteiger partial charge in [-0.2, -0.15) is 0 Å². The first-order chi connectivity index (χ1) is 5.54. The lowest BCUT2D eigenvalue weighted by Gasteiger charge is -2.00. The van der Waals surface area contributed by atoms with E-state index in [9.17, 15) is 8.42 Å². The van der Waals surface area contributed by atoms with Crippen LogP contribution in [-0.2, 0) is 9.84 Å². The van der Waals surface area contributed by atoms with Gasteiger partial charge in [-0.05, 0) is 12.1 Å². The first-order valence-electron chi connectivity index (χ1n) is 3.39. The fraction of sp³-hybridized carbons (Fsp3) is 0.286. The molecule has 1 N–H and O–H groups in total. The number of anilines is 1.